The molecule has 2 aliphatic rings. The molecule has 1 aromatic rings. The number of hydrogen-bond donors (Lipinski definition) is 2. The summed E-state index contributed by atoms with van der Waals surface area (Å²) < 4.78 is 5.50. The lowest BCUT2D eigenvalue weighted by Crippen LogP contribution is -2.48. The molecule has 0 radical (unpaired) electrons. The van der Waals surface area contributed by atoms with Crippen molar-refractivity contribution < 1.29 is 9.53 Å². The van der Waals surface area contributed by atoms with Gasteiger partial charge < -0.3 is 15.8 Å². The number of nitrogens with one attached hydrogen (secondary N) is 1. The molecule has 3 rings (SSSR count). The molecule has 1 aliphatic heterocycles. The van der Waals surface area contributed by atoms with Gasteiger partial charge in [-0.3, -0.25) is 9.69 Å². The molecular formula is C20H31N3O2. The quantitative estimate of drug-likeness (QED) is 0.795. The molecule has 1 saturated heterocycles. The Hall–Kier alpha value is -1.43. The van der Waals surface area contributed by atoms with E-state index in [2.05, 4.69) is 16.3 Å². The first-order valence-electron chi connectivity index (χ1n) is 9.57. The number of nitrogens with two attached hydrogens (primary N) is 1. The van der Waals surface area contributed by atoms with Crippen LogP contribution in [-0.2, 0) is 11.3 Å². The van der Waals surface area contributed by atoms with Crippen LogP contribution in [0, 0.1) is 5.41 Å². The van der Waals surface area contributed by atoms with Crippen molar-refractivity contribution in [1.82, 2.24) is 10.2 Å². The van der Waals surface area contributed by atoms with E-state index < -0.39 is 0 Å². The second-order valence-corrected chi connectivity index (χ2v) is 7.62. The van der Waals surface area contributed by atoms with Gasteiger partial charge >= 0.3 is 0 Å². The molecule has 3 N–H and O–H groups in total. The lowest BCUT2D eigenvalue weighted by atomic mass is 9.73. The van der Waals surface area contributed by atoms with Crippen molar-refractivity contribution in [1.29, 1.82) is 0 Å². The Bertz CT molecular complexity index is 564. The second-order valence-electron chi connectivity index (χ2n) is 7.62. The zero-order valence-corrected chi connectivity index (χ0v) is 15.1. The highest BCUT2D eigenvalue weighted by Crippen LogP contribution is 2.36. The van der Waals surface area contributed by atoms with Gasteiger partial charge in [0.1, 0.15) is 0 Å². The van der Waals surface area contributed by atoms with Gasteiger partial charge in [-0.2, -0.15) is 0 Å². The summed E-state index contributed by atoms with van der Waals surface area (Å²) in [5, 5.41) is 3.66. The van der Waals surface area contributed by atoms with Crippen LogP contribution in [0.25, 0.3) is 0 Å². The average Bonchev–Trinajstić information content (AvgIpc) is 2.63. The number of nitrogens with zero attached hydrogens (tertiary/aromatic N) is 1. The van der Waals surface area contributed by atoms with Crippen LogP contribution in [0.2, 0.25) is 0 Å². The lowest BCUT2D eigenvalue weighted by Gasteiger charge is -2.42. The molecule has 2 fully saturated rings. The van der Waals surface area contributed by atoms with Crippen LogP contribution in [0.4, 0.5) is 0 Å². The molecule has 5 nitrogen and oxygen atoms in total. The maximum Gasteiger partial charge on any atom is 0.248 e. The Morgan fingerprint density at radius 2 is 1.96 bits per heavy atom. The molecule has 1 heterocycles. The standard InChI is InChI=1S/C20H31N3O2/c21-19(24)18-6-4-5-17(13-18)14-22-15-20(7-2-1-3-8-20)16-23-9-11-25-12-10-23/h4-6,13,22H,1-3,7-12,14-16H2,(H2,21,24). The normalized spacial score (nSPS) is 21.1. The molecule has 0 aromatic heterocycles. The van der Waals surface area contributed by atoms with E-state index in [1.807, 2.05) is 12.1 Å². The van der Waals surface area contributed by atoms with E-state index in [9.17, 15) is 4.79 Å². The fraction of sp³-hybridized carbons (Fsp3) is 0.650. The van der Waals surface area contributed by atoms with E-state index in [0.29, 0.717) is 11.0 Å². The number of morpholine rings is 1. The maximum absolute atomic E-state index is 11.3. The third-order valence-corrected chi connectivity index (χ3v) is 5.62. The van der Waals surface area contributed by atoms with E-state index >= 15 is 0 Å². The first-order chi connectivity index (χ1) is 12.2. The molecule has 0 atom stereocenters. The Morgan fingerprint density at radius 3 is 2.68 bits per heavy atom. The third kappa shape index (κ3) is 5.27. The predicted octanol–water partition coefficient (Wildman–Crippen LogP) is 2.16. The second kappa shape index (κ2) is 8.79. The summed E-state index contributed by atoms with van der Waals surface area (Å²) in [6, 6.07) is 7.62. The van der Waals surface area contributed by atoms with E-state index in [1.165, 1.54) is 38.6 Å². The number of amides is 1. The predicted molar refractivity (Wildman–Crippen MR) is 99.4 cm³/mol. The third-order valence-electron chi connectivity index (χ3n) is 5.62. The van der Waals surface area contributed by atoms with Gasteiger partial charge in [0.2, 0.25) is 5.91 Å². The molecule has 0 spiro atoms. The summed E-state index contributed by atoms with van der Waals surface area (Å²) in [5.41, 5.74) is 7.45. The van der Waals surface area contributed by atoms with E-state index in [0.717, 1.165) is 45.0 Å². The molecule has 25 heavy (non-hydrogen) atoms. The summed E-state index contributed by atoms with van der Waals surface area (Å²) in [5.74, 6) is -0.363. The van der Waals surface area contributed by atoms with Crippen LogP contribution in [0.3, 0.4) is 0 Å². The fourth-order valence-corrected chi connectivity index (χ4v) is 4.23. The summed E-state index contributed by atoms with van der Waals surface area (Å²) in [7, 11) is 0. The smallest absolute Gasteiger partial charge is 0.248 e. The van der Waals surface area contributed by atoms with Crippen molar-refractivity contribution in [2.24, 2.45) is 11.1 Å². The van der Waals surface area contributed by atoms with Crippen LogP contribution in [0.5, 0.6) is 0 Å². The molecule has 1 amide bonds. The Balaban J connectivity index is 1.57. The van der Waals surface area contributed by atoms with Crippen molar-refractivity contribution in [3.05, 3.63) is 35.4 Å². The van der Waals surface area contributed by atoms with Crippen LogP contribution < -0.4 is 11.1 Å². The van der Waals surface area contributed by atoms with Crippen molar-refractivity contribution in [2.45, 2.75) is 38.6 Å². The van der Waals surface area contributed by atoms with Crippen LogP contribution in [0.1, 0.15) is 48.0 Å². The van der Waals surface area contributed by atoms with Gasteiger partial charge in [0, 0.05) is 38.3 Å². The molecule has 138 valence electrons. The van der Waals surface area contributed by atoms with Crippen molar-refractivity contribution in [3.63, 3.8) is 0 Å². The number of carbonyl (C=O) groups excluding carboxylic acids is 1. The summed E-state index contributed by atoms with van der Waals surface area (Å²) in [6.45, 7) is 6.83. The minimum Gasteiger partial charge on any atom is -0.379 e. The molecule has 0 unspecified atom stereocenters. The van der Waals surface area contributed by atoms with Gasteiger partial charge in [0.15, 0.2) is 0 Å². The van der Waals surface area contributed by atoms with E-state index in [4.69, 9.17) is 10.5 Å². The minimum absolute atomic E-state index is 0.363. The fourth-order valence-electron chi connectivity index (χ4n) is 4.23. The van der Waals surface area contributed by atoms with Crippen molar-refractivity contribution in [3.8, 4) is 0 Å². The van der Waals surface area contributed by atoms with Gasteiger partial charge in [-0.1, -0.05) is 31.4 Å². The zero-order chi connectivity index (χ0) is 17.5. The highest BCUT2D eigenvalue weighted by Gasteiger charge is 2.34. The Kier molecular flexibility index (Phi) is 6.45. The number of primary amides is 1. The van der Waals surface area contributed by atoms with Crippen molar-refractivity contribution in [2.75, 3.05) is 39.4 Å². The van der Waals surface area contributed by atoms with Crippen LogP contribution in [0.15, 0.2) is 24.3 Å². The molecule has 1 aromatic carbocycles. The lowest BCUT2D eigenvalue weighted by molar-refractivity contribution is 0.00713. The van der Waals surface area contributed by atoms with Gasteiger partial charge in [-0.25, -0.2) is 0 Å². The van der Waals surface area contributed by atoms with Gasteiger partial charge in [0.25, 0.3) is 0 Å². The number of ether oxygens (including phenoxy) is 1. The topological polar surface area (TPSA) is 67.6 Å². The molecular weight excluding hydrogens is 314 g/mol. The van der Waals surface area contributed by atoms with Crippen molar-refractivity contribution >= 4 is 5.91 Å². The number of hydrogen-bond acceptors (Lipinski definition) is 4. The SMILES string of the molecule is NC(=O)c1cccc(CNCC2(CN3CCOCC3)CCCCC2)c1. The monoisotopic (exact) mass is 345 g/mol. The van der Waals surface area contributed by atoms with E-state index in [-0.39, 0.29) is 5.91 Å². The van der Waals surface area contributed by atoms with E-state index in [1.54, 1.807) is 6.07 Å². The van der Waals surface area contributed by atoms with Gasteiger partial charge in [-0.15, -0.1) is 0 Å². The van der Waals surface area contributed by atoms with Gasteiger partial charge in [0.05, 0.1) is 13.2 Å². The summed E-state index contributed by atoms with van der Waals surface area (Å²) in [4.78, 5) is 13.9. The highest BCUT2D eigenvalue weighted by atomic mass is 16.5. The number of rotatable bonds is 7. The Labute approximate surface area is 150 Å². The summed E-state index contributed by atoms with van der Waals surface area (Å²) in [6.07, 6.45) is 6.65. The van der Waals surface area contributed by atoms with Crippen LogP contribution in [-0.4, -0.2) is 50.2 Å². The molecule has 1 saturated carbocycles. The summed E-state index contributed by atoms with van der Waals surface area (Å²) >= 11 is 0. The molecule has 5 heteroatoms. The Morgan fingerprint density at radius 1 is 1.20 bits per heavy atom. The average molecular weight is 345 g/mol. The molecule has 0 bridgehead atoms. The van der Waals surface area contributed by atoms with Crippen LogP contribution >= 0.6 is 0 Å². The first kappa shape index (κ1) is 18.4. The number of carbonyl (C=O) groups is 1. The molecule has 1 aliphatic carbocycles. The highest BCUT2D eigenvalue weighted by molar-refractivity contribution is 5.92. The maximum atomic E-state index is 11.3. The minimum atomic E-state index is -0.363. The number of benzene rings is 1. The largest absolute Gasteiger partial charge is 0.379 e. The zero-order valence-electron chi connectivity index (χ0n) is 15.1. The van der Waals surface area contributed by atoms with Gasteiger partial charge in [-0.05, 0) is 36.0 Å². The first-order valence-corrected chi connectivity index (χ1v) is 9.57.